The number of rotatable bonds is 21. The van der Waals surface area contributed by atoms with E-state index in [1.807, 2.05) is 6.07 Å². The summed E-state index contributed by atoms with van der Waals surface area (Å²) in [4.78, 5) is 25.4. The second-order valence-electron chi connectivity index (χ2n) is 9.84. The maximum Gasteiger partial charge on any atom is 0.345 e. The number of Topliss-reactive ketones (excluding diaryl/α,β-unsaturated/α-hetero) is 1. The summed E-state index contributed by atoms with van der Waals surface area (Å²) < 4.78 is 11.2. The molecule has 1 unspecified atom stereocenters. The van der Waals surface area contributed by atoms with E-state index in [4.69, 9.17) is 14.7 Å². The molecule has 0 bridgehead atoms. The molecule has 0 heterocycles. The molecule has 1 atom stereocenters. The number of aliphatic hydroxyl groups is 1. The summed E-state index contributed by atoms with van der Waals surface area (Å²) in [5.74, 6) is -0.597. The second-order valence-corrected chi connectivity index (χ2v) is 9.84. The summed E-state index contributed by atoms with van der Waals surface area (Å²) in [5.41, 5.74) is 0.284. The van der Waals surface area contributed by atoms with Gasteiger partial charge in [0.25, 0.3) is 0 Å². The van der Waals surface area contributed by atoms with Gasteiger partial charge in [0.05, 0.1) is 24.8 Å². The van der Waals surface area contributed by atoms with E-state index in [0.29, 0.717) is 17.7 Å². The predicted octanol–water partition coefficient (Wildman–Crippen LogP) is 8.00. The van der Waals surface area contributed by atoms with Gasteiger partial charge in [-0.1, -0.05) is 78.1 Å². The molecular formula is C31H47NO5. The highest BCUT2D eigenvalue weighted by atomic mass is 16.5. The van der Waals surface area contributed by atoms with Crippen molar-refractivity contribution in [2.45, 2.75) is 111 Å². The van der Waals surface area contributed by atoms with Crippen molar-refractivity contribution in [3.63, 3.8) is 0 Å². The number of esters is 1. The first-order chi connectivity index (χ1) is 17.9. The van der Waals surface area contributed by atoms with Gasteiger partial charge in [-0.05, 0) is 56.4 Å². The molecule has 6 nitrogen and oxygen atoms in total. The molecule has 0 aliphatic heterocycles. The molecule has 6 heteroatoms. The highest BCUT2D eigenvalue weighted by Crippen LogP contribution is 2.21. The van der Waals surface area contributed by atoms with Gasteiger partial charge in [-0.2, -0.15) is 5.26 Å². The van der Waals surface area contributed by atoms with Gasteiger partial charge in [-0.25, -0.2) is 4.79 Å². The Kier molecular flexibility index (Phi) is 17.7. The Labute approximate surface area is 224 Å². The number of nitrogens with zero attached hydrogens (tertiary/aromatic N) is 1. The highest BCUT2D eigenvalue weighted by molar-refractivity contribution is 6.17. The fourth-order valence-electron chi connectivity index (χ4n) is 4.29. The van der Waals surface area contributed by atoms with Crippen molar-refractivity contribution in [2.75, 3.05) is 13.2 Å². The second kappa shape index (κ2) is 20.3. The van der Waals surface area contributed by atoms with Crippen LogP contribution in [0.3, 0.4) is 0 Å². The number of carbonyl (C=O) groups excluding carboxylic acids is 2. The third-order valence-corrected chi connectivity index (χ3v) is 6.53. The largest absolute Gasteiger partial charge is 0.512 e. The molecule has 0 spiro atoms. The van der Waals surface area contributed by atoms with E-state index in [2.05, 4.69) is 13.8 Å². The third-order valence-electron chi connectivity index (χ3n) is 6.53. The van der Waals surface area contributed by atoms with Crippen molar-refractivity contribution in [3.8, 4) is 11.8 Å². The third kappa shape index (κ3) is 14.5. The van der Waals surface area contributed by atoms with Gasteiger partial charge in [0.1, 0.15) is 17.1 Å². The summed E-state index contributed by atoms with van der Waals surface area (Å²) in [6.07, 6.45) is 14.5. The Morgan fingerprint density at radius 1 is 0.892 bits per heavy atom. The maximum atomic E-state index is 12.8. The summed E-state index contributed by atoms with van der Waals surface area (Å²) in [5, 5.41) is 18.9. The number of nitriles is 1. The Morgan fingerprint density at radius 3 is 2.03 bits per heavy atom. The molecule has 37 heavy (non-hydrogen) atoms. The van der Waals surface area contributed by atoms with Crippen LogP contribution in [0.15, 0.2) is 35.6 Å². The SMILES string of the molecule is CCCCCCCCC(CCCCCC)COC(=O)/C(C(=O)CCCOc1ccc(C#N)cc1)=C(/C)O. The smallest absolute Gasteiger partial charge is 0.345 e. The lowest BCUT2D eigenvalue weighted by atomic mass is 9.95. The van der Waals surface area contributed by atoms with E-state index in [1.165, 1.54) is 58.3 Å². The van der Waals surface area contributed by atoms with Crippen LogP contribution in [-0.2, 0) is 14.3 Å². The van der Waals surface area contributed by atoms with Gasteiger partial charge in [0, 0.05) is 6.42 Å². The van der Waals surface area contributed by atoms with Crippen molar-refractivity contribution in [2.24, 2.45) is 5.92 Å². The standard InChI is InChI=1S/C31H47NO5/c1-4-6-8-10-11-13-16-27(15-12-9-7-5-2)24-37-31(35)30(25(3)33)29(34)17-14-22-36-28-20-18-26(23-32)19-21-28/h18-21,27,33H,4-17,22,24H2,1-3H3/b30-25-. The summed E-state index contributed by atoms with van der Waals surface area (Å²) in [6, 6.07) is 8.77. The lowest BCUT2D eigenvalue weighted by molar-refractivity contribution is -0.142. The zero-order valence-corrected chi connectivity index (χ0v) is 23.2. The van der Waals surface area contributed by atoms with Crippen molar-refractivity contribution in [1.29, 1.82) is 5.26 Å². The monoisotopic (exact) mass is 513 g/mol. The van der Waals surface area contributed by atoms with Crippen LogP contribution in [0.1, 0.15) is 116 Å². The molecule has 0 aliphatic rings. The van der Waals surface area contributed by atoms with Crippen LogP contribution in [0, 0.1) is 17.2 Å². The Hall–Kier alpha value is -2.81. The Bertz CT molecular complexity index is 849. The lowest BCUT2D eigenvalue weighted by Gasteiger charge is -2.18. The van der Waals surface area contributed by atoms with Crippen LogP contribution < -0.4 is 4.74 Å². The average Bonchev–Trinajstić information content (AvgIpc) is 2.89. The van der Waals surface area contributed by atoms with E-state index in [9.17, 15) is 14.7 Å². The number of ether oxygens (including phenoxy) is 2. The van der Waals surface area contributed by atoms with E-state index < -0.39 is 11.8 Å². The maximum absolute atomic E-state index is 12.8. The Morgan fingerprint density at radius 2 is 1.46 bits per heavy atom. The van der Waals surface area contributed by atoms with E-state index in [-0.39, 0.29) is 36.9 Å². The first kappa shape index (κ1) is 32.2. The van der Waals surface area contributed by atoms with Crippen LogP contribution in [-0.4, -0.2) is 30.1 Å². The van der Waals surface area contributed by atoms with Crippen molar-refractivity contribution in [1.82, 2.24) is 0 Å². The van der Waals surface area contributed by atoms with Gasteiger partial charge >= 0.3 is 5.97 Å². The summed E-state index contributed by atoms with van der Waals surface area (Å²) in [6.45, 7) is 6.32. The van der Waals surface area contributed by atoms with Gasteiger partial charge in [-0.15, -0.1) is 0 Å². The minimum Gasteiger partial charge on any atom is -0.512 e. The number of ketones is 1. The van der Waals surface area contributed by atoms with Crippen molar-refractivity contribution in [3.05, 3.63) is 41.2 Å². The van der Waals surface area contributed by atoms with Crippen LogP contribution in [0.2, 0.25) is 0 Å². The molecule has 0 aromatic heterocycles. The first-order valence-corrected chi connectivity index (χ1v) is 14.2. The van der Waals surface area contributed by atoms with Gasteiger partial charge in [-0.3, -0.25) is 4.79 Å². The zero-order valence-electron chi connectivity index (χ0n) is 23.2. The van der Waals surface area contributed by atoms with Crippen molar-refractivity contribution < 1.29 is 24.2 Å². The topological polar surface area (TPSA) is 96.6 Å². The molecular weight excluding hydrogens is 466 g/mol. The number of hydrogen-bond acceptors (Lipinski definition) is 6. The van der Waals surface area contributed by atoms with Crippen molar-refractivity contribution >= 4 is 11.8 Å². The summed E-state index contributed by atoms with van der Waals surface area (Å²) >= 11 is 0. The average molecular weight is 514 g/mol. The molecule has 1 aromatic rings. The quantitative estimate of drug-likeness (QED) is 0.0447. The fraction of sp³-hybridized carbons (Fsp3) is 0.645. The normalized spacial score (nSPS) is 12.4. The molecule has 0 saturated heterocycles. The van der Waals surface area contributed by atoms with Crippen LogP contribution in [0.5, 0.6) is 5.75 Å². The number of carbonyl (C=O) groups is 2. The Balaban J connectivity index is 2.53. The van der Waals surface area contributed by atoms with E-state index in [1.54, 1.807) is 24.3 Å². The molecule has 1 aromatic carbocycles. The predicted molar refractivity (Wildman–Crippen MR) is 147 cm³/mol. The zero-order chi connectivity index (χ0) is 27.3. The highest BCUT2D eigenvalue weighted by Gasteiger charge is 2.24. The fourth-order valence-corrected chi connectivity index (χ4v) is 4.29. The molecule has 1 N–H and O–H groups in total. The van der Waals surface area contributed by atoms with Gasteiger partial charge in [0.15, 0.2) is 5.78 Å². The molecule has 0 radical (unpaired) electrons. The van der Waals surface area contributed by atoms with E-state index in [0.717, 1.165) is 25.7 Å². The van der Waals surface area contributed by atoms with Gasteiger partial charge in [0.2, 0.25) is 0 Å². The lowest BCUT2D eigenvalue weighted by Crippen LogP contribution is -2.21. The minimum atomic E-state index is -0.737. The summed E-state index contributed by atoms with van der Waals surface area (Å²) in [7, 11) is 0. The molecule has 0 amide bonds. The number of aliphatic hydroxyl groups excluding tert-OH is 1. The van der Waals surface area contributed by atoms with Crippen LogP contribution in [0.4, 0.5) is 0 Å². The van der Waals surface area contributed by atoms with E-state index >= 15 is 0 Å². The number of allylic oxidation sites excluding steroid dienone is 1. The number of hydrogen-bond donors (Lipinski definition) is 1. The van der Waals surface area contributed by atoms with Crippen LogP contribution in [0.25, 0.3) is 0 Å². The number of unbranched alkanes of at least 4 members (excludes halogenated alkanes) is 8. The molecule has 1 rings (SSSR count). The molecule has 0 saturated carbocycles. The molecule has 206 valence electrons. The number of benzene rings is 1. The minimum absolute atomic E-state index is 0.0663. The molecule has 0 fully saturated rings. The van der Waals surface area contributed by atoms with Crippen LogP contribution >= 0.6 is 0 Å². The molecule has 0 aliphatic carbocycles. The first-order valence-electron chi connectivity index (χ1n) is 14.2. The van der Waals surface area contributed by atoms with Gasteiger partial charge < -0.3 is 14.6 Å².